The van der Waals surface area contributed by atoms with Crippen molar-refractivity contribution in [3.8, 4) is 11.4 Å². The van der Waals surface area contributed by atoms with Gasteiger partial charge in [0.1, 0.15) is 18.2 Å². The van der Waals surface area contributed by atoms with Crippen LogP contribution in [0.4, 0.5) is 14.9 Å². The molecule has 9 heteroatoms. The second kappa shape index (κ2) is 11.4. The Labute approximate surface area is 197 Å². The molecule has 4 rings (SSSR count). The number of ether oxygens (including phenoxy) is 1. The molecule has 0 aliphatic carbocycles. The standard InChI is InChI=1S/C25H28FN5O3/c26-20-13-12-19(24-30-29-22-10-5-2-6-15-31(22)24)16-21(20)28-23(32)11-7-14-27-25(33)34-17-18-8-3-1-4-9-18/h1,3-4,8-9,12-13,16H,2,5-7,10-11,14-15,17H2,(H,27,33)(H,28,32). The smallest absolute Gasteiger partial charge is 0.407 e. The fraction of sp³-hybridized carbons (Fsp3) is 0.360. The molecule has 0 saturated heterocycles. The third kappa shape index (κ3) is 6.18. The van der Waals surface area contributed by atoms with Crippen LogP contribution in [-0.2, 0) is 29.1 Å². The first-order valence-corrected chi connectivity index (χ1v) is 11.6. The van der Waals surface area contributed by atoms with Gasteiger partial charge in [-0.2, -0.15) is 0 Å². The number of aryl methyl sites for hydroxylation is 1. The summed E-state index contributed by atoms with van der Waals surface area (Å²) in [6.45, 7) is 1.28. The maximum Gasteiger partial charge on any atom is 0.407 e. The van der Waals surface area contributed by atoms with Crippen molar-refractivity contribution in [2.24, 2.45) is 0 Å². The first-order chi connectivity index (χ1) is 16.6. The van der Waals surface area contributed by atoms with Gasteiger partial charge < -0.3 is 19.9 Å². The maximum absolute atomic E-state index is 14.4. The van der Waals surface area contributed by atoms with Gasteiger partial charge in [-0.1, -0.05) is 36.8 Å². The number of hydrogen-bond acceptors (Lipinski definition) is 5. The number of alkyl carbamates (subject to hydrolysis) is 1. The molecular formula is C25H28FN5O3. The van der Waals surface area contributed by atoms with Crippen LogP contribution < -0.4 is 10.6 Å². The summed E-state index contributed by atoms with van der Waals surface area (Å²) >= 11 is 0. The summed E-state index contributed by atoms with van der Waals surface area (Å²) in [5, 5.41) is 13.8. The molecule has 2 amide bonds. The van der Waals surface area contributed by atoms with Crippen LogP contribution >= 0.6 is 0 Å². The highest BCUT2D eigenvalue weighted by molar-refractivity contribution is 5.91. The Morgan fingerprint density at radius 1 is 1.06 bits per heavy atom. The van der Waals surface area contributed by atoms with E-state index in [0.29, 0.717) is 17.8 Å². The first-order valence-electron chi connectivity index (χ1n) is 11.6. The molecule has 0 saturated carbocycles. The average molecular weight is 466 g/mol. The van der Waals surface area contributed by atoms with E-state index in [1.807, 2.05) is 30.3 Å². The van der Waals surface area contributed by atoms with Crippen LogP contribution in [0.15, 0.2) is 48.5 Å². The van der Waals surface area contributed by atoms with Crippen LogP contribution in [0.3, 0.4) is 0 Å². The molecule has 0 bridgehead atoms. The first kappa shape index (κ1) is 23.4. The lowest BCUT2D eigenvalue weighted by Gasteiger charge is -2.11. The average Bonchev–Trinajstić information content (AvgIpc) is 3.10. The van der Waals surface area contributed by atoms with E-state index in [9.17, 15) is 14.0 Å². The predicted octanol–water partition coefficient (Wildman–Crippen LogP) is 4.46. The number of rotatable bonds is 8. The van der Waals surface area contributed by atoms with E-state index in [2.05, 4.69) is 25.4 Å². The largest absolute Gasteiger partial charge is 0.445 e. The molecule has 178 valence electrons. The van der Waals surface area contributed by atoms with Crippen molar-refractivity contribution in [1.29, 1.82) is 0 Å². The highest BCUT2D eigenvalue weighted by atomic mass is 19.1. The highest BCUT2D eigenvalue weighted by Crippen LogP contribution is 2.26. The Bertz CT molecular complexity index is 1130. The fourth-order valence-corrected chi connectivity index (χ4v) is 3.88. The van der Waals surface area contributed by atoms with Crippen LogP contribution in [0.2, 0.25) is 0 Å². The van der Waals surface area contributed by atoms with Gasteiger partial charge in [0.25, 0.3) is 0 Å². The number of anilines is 1. The van der Waals surface area contributed by atoms with E-state index < -0.39 is 11.9 Å². The number of nitrogens with one attached hydrogen (secondary N) is 2. The van der Waals surface area contributed by atoms with E-state index >= 15 is 0 Å². The molecule has 34 heavy (non-hydrogen) atoms. The summed E-state index contributed by atoms with van der Waals surface area (Å²) < 4.78 is 21.6. The molecular weight excluding hydrogens is 437 g/mol. The molecule has 0 atom stereocenters. The Morgan fingerprint density at radius 2 is 1.91 bits per heavy atom. The zero-order chi connectivity index (χ0) is 23.8. The Balaban J connectivity index is 1.26. The summed E-state index contributed by atoms with van der Waals surface area (Å²) in [4.78, 5) is 24.1. The Kier molecular flexibility index (Phi) is 7.85. The number of carbonyl (C=O) groups excluding carboxylic acids is 2. The lowest BCUT2D eigenvalue weighted by Crippen LogP contribution is -2.26. The van der Waals surface area contributed by atoms with Crippen molar-refractivity contribution in [2.45, 2.75) is 51.7 Å². The summed E-state index contributed by atoms with van der Waals surface area (Å²) in [6.07, 6.45) is 4.14. The van der Waals surface area contributed by atoms with E-state index in [1.54, 1.807) is 12.1 Å². The van der Waals surface area contributed by atoms with E-state index in [-0.39, 0.29) is 31.2 Å². The molecule has 1 aliphatic rings. The van der Waals surface area contributed by atoms with E-state index in [0.717, 1.165) is 43.6 Å². The molecule has 3 aromatic rings. The number of fused-ring (bicyclic) bond motifs is 1. The van der Waals surface area contributed by atoms with Gasteiger partial charge in [0, 0.05) is 31.5 Å². The molecule has 0 fully saturated rings. The fourth-order valence-electron chi connectivity index (χ4n) is 3.88. The zero-order valence-corrected chi connectivity index (χ0v) is 18.9. The van der Waals surface area contributed by atoms with Crippen molar-refractivity contribution < 1.29 is 18.7 Å². The van der Waals surface area contributed by atoms with Crippen molar-refractivity contribution in [1.82, 2.24) is 20.1 Å². The number of hydrogen-bond donors (Lipinski definition) is 2. The summed E-state index contributed by atoms with van der Waals surface area (Å²) in [5.41, 5.74) is 1.70. The van der Waals surface area contributed by atoms with Crippen LogP contribution in [0.25, 0.3) is 11.4 Å². The Morgan fingerprint density at radius 3 is 2.76 bits per heavy atom. The van der Waals surface area contributed by atoms with Gasteiger partial charge in [-0.05, 0) is 43.0 Å². The van der Waals surface area contributed by atoms with E-state index in [1.165, 1.54) is 6.07 Å². The Hall–Kier alpha value is -3.75. The van der Waals surface area contributed by atoms with Gasteiger partial charge in [0.2, 0.25) is 5.91 Å². The zero-order valence-electron chi connectivity index (χ0n) is 18.9. The van der Waals surface area contributed by atoms with Crippen LogP contribution in [0.1, 0.15) is 43.5 Å². The maximum atomic E-state index is 14.4. The predicted molar refractivity (Wildman–Crippen MR) is 125 cm³/mol. The van der Waals surface area contributed by atoms with Gasteiger partial charge in [-0.25, -0.2) is 9.18 Å². The van der Waals surface area contributed by atoms with Crippen molar-refractivity contribution >= 4 is 17.7 Å². The number of halogens is 1. The molecule has 2 heterocycles. The lowest BCUT2D eigenvalue weighted by atomic mass is 10.1. The molecule has 8 nitrogen and oxygen atoms in total. The molecule has 2 N–H and O–H groups in total. The quantitative estimate of drug-likeness (QED) is 0.479. The number of nitrogens with zero attached hydrogens (tertiary/aromatic N) is 3. The molecule has 1 aromatic heterocycles. The summed E-state index contributed by atoms with van der Waals surface area (Å²) in [7, 11) is 0. The molecule has 1 aliphatic heterocycles. The SMILES string of the molecule is O=C(CCCNC(=O)OCc1ccccc1)Nc1cc(-c2nnc3n2CCCCC3)ccc1F. The summed E-state index contributed by atoms with van der Waals surface area (Å²) in [6, 6.07) is 13.9. The van der Waals surface area contributed by atoms with Crippen LogP contribution in [-0.4, -0.2) is 33.3 Å². The van der Waals surface area contributed by atoms with Gasteiger partial charge in [-0.3, -0.25) is 4.79 Å². The normalized spacial score (nSPS) is 13.0. The van der Waals surface area contributed by atoms with Crippen LogP contribution in [0, 0.1) is 5.82 Å². The van der Waals surface area contributed by atoms with Crippen molar-refractivity contribution in [3.63, 3.8) is 0 Å². The minimum absolute atomic E-state index is 0.101. The third-order valence-corrected chi connectivity index (χ3v) is 5.67. The van der Waals surface area contributed by atoms with Crippen molar-refractivity contribution in [2.75, 3.05) is 11.9 Å². The van der Waals surface area contributed by atoms with E-state index in [4.69, 9.17) is 4.74 Å². The number of amides is 2. The molecule has 2 aromatic carbocycles. The topological polar surface area (TPSA) is 98.1 Å². The van der Waals surface area contributed by atoms with Gasteiger partial charge in [0.15, 0.2) is 5.82 Å². The minimum Gasteiger partial charge on any atom is -0.445 e. The van der Waals surface area contributed by atoms with Crippen LogP contribution in [0.5, 0.6) is 0 Å². The highest BCUT2D eigenvalue weighted by Gasteiger charge is 2.17. The number of benzene rings is 2. The number of carbonyl (C=O) groups is 2. The minimum atomic E-state index is -0.546. The third-order valence-electron chi connectivity index (χ3n) is 5.67. The molecule has 0 unspecified atom stereocenters. The second-order valence-corrected chi connectivity index (χ2v) is 8.24. The van der Waals surface area contributed by atoms with Crippen molar-refractivity contribution in [3.05, 3.63) is 65.7 Å². The molecule has 0 radical (unpaired) electrons. The van der Waals surface area contributed by atoms with Gasteiger partial charge >= 0.3 is 6.09 Å². The molecule has 0 spiro atoms. The lowest BCUT2D eigenvalue weighted by molar-refractivity contribution is -0.116. The summed E-state index contributed by atoms with van der Waals surface area (Å²) in [5.74, 6) is 0.772. The van der Waals surface area contributed by atoms with Gasteiger partial charge in [0.05, 0.1) is 5.69 Å². The number of aromatic nitrogens is 3. The van der Waals surface area contributed by atoms with Gasteiger partial charge in [-0.15, -0.1) is 10.2 Å². The monoisotopic (exact) mass is 465 g/mol. The second-order valence-electron chi connectivity index (χ2n) is 8.24.